The molecule has 80 valence electrons. The van der Waals surface area contributed by atoms with Gasteiger partial charge in [0.25, 0.3) is 0 Å². The molecule has 0 atom stereocenters. The number of halogens is 3. The van der Waals surface area contributed by atoms with Gasteiger partial charge in [-0.25, -0.2) is 4.98 Å². The molecule has 1 aromatic carbocycles. The fraction of sp³-hybridized carbons (Fsp3) is 0.100. The first-order valence-corrected chi connectivity index (χ1v) is 4.14. The Balaban J connectivity index is 0.00000128. The van der Waals surface area contributed by atoms with Gasteiger partial charge in [0, 0.05) is 5.39 Å². The summed E-state index contributed by atoms with van der Waals surface area (Å²) in [5, 5.41) is 9.81. The number of para-hydroxylation sites is 1. The van der Waals surface area contributed by atoms with Gasteiger partial charge in [0.05, 0.1) is 0 Å². The van der Waals surface area contributed by atoms with Crippen LogP contribution in [0.1, 0.15) is 5.69 Å². The number of pyridine rings is 1. The molecule has 0 saturated heterocycles. The number of nitrogens with zero attached hydrogens (tertiary/aromatic N) is 1. The van der Waals surface area contributed by atoms with Crippen molar-refractivity contribution in [1.29, 1.82) is 0 Å². The number of fused-ring (bicyclic) bond motifs is 1. The number of phenols is 1. The van der Waals surface area contributed by atoms with Crippen molar-refractivity contribution in [2.75, 3.05) is 0 Å². The van der Waals surface area contributed by atoms with Crippen LogP contribution in [-0.2, 0) is 6.18 Å². The molecule has 0 amide bonds. The number of hydrogen-bond acceptors (Lipinski definition) is 2. The minimum atomic E-state index is -4.49. The van der Waals surface area contributed by atoms with E-state index >= 15 is 0 Å². The van der Waals surface area contributed by atoms with Gasteiger partial charge in [-0.05, 0) is 12.1 Å². The summed E-state index contributed by atoms with van der Waals surface area (Å²) in [5.74, 6) is -0.251. The van der Waals surface area contributed by atoms with Gasteiger partial charge in [0.15, 0.2) is 0 Å². The molecule has 2 rings (SSSR count). The molecule has 0 saturated carbocycles. The van der Waals surface area contributed by atoms with Crippen molar-refractivity contribution in [2.45, 2.75) is 6.18 Å². The van der Waals surface area contributed by atoms with Crippen molar-refractivity contribution in [2.24, 2.45) is 0 Å². The van der Waals surface area contributed by atoms with Gasteiger partial charge in [-0.1, -0.05) is 18.2 Å². The number of rotatable bonds is 0. The van der Waals surface area contributed by atoms with Crippen molar-refractivity contribution in [3.8, 4) is 5.75 Å². The molecule has 6 heteroatoms. The standard InChI is InChI=1S/C10H6F3NO.Na.H/c11-10(12,13)8-5-4-6-2-1-3-7(15)9(6)14-8;;/h1-5,15H;;. The van der Waals surface area contributed by atoms with Gasteiger partial charge in [0.2, 0.25) is 0 Å². The third kappa shape index (κ3) is 2.48. The van der Waals surface area contributed by atoms with Crippen LogP contribution in [0.3, 0.4) is 0 Å². The van der Waals surface area contributed by atoms with Crippen LogP contribution < -0.4 is 0 Å². The van der Waals surface area contributed by atoms with E-state index in [1.165, 1.54) is 12.1 Å². The van der Waals surface area contributed by atoms with E-state index in [4.69, 9.17) is 0 Å². The van der Waals surface area contributed by atoms with Crippen LogP contribution in [0, 0.1) is 0 Å². The van der Waals surface area contributed by atoms with Crippen LogP contribution in [0.5, 0.6) is 5.75 Å². The summed E-state index contributed by atoms with van der Waals surface area (Å²) in [6.45, 7) is 0. The molecule has 0 bridgehead atoms. The molecule has 16 heavy (non-hydrogen) atoms. The number of phenolic OH excluding ortho intramolecular Hbond substituents is 1. The molecule has 1 heterocycles. The van der Waals surface area contributed by atoms with Crippen molar-refractivity contribution >= 4 is 40.5 Å². The molecule has 0 aliphatic heterocycles. The predicted molar refractivity (Wildman–Crippen MR) is 55.6 cm³/mol. The first-order chi connectivity index (χ1) is 6.98. The van der Waals surface area contributed by atoms with Crippen LogP contribution in [-0.4, -0.2) is 39.6 Å². The molecule has 1 N–H and O–H groups in total. The molecule has 0 fully saturated rings. The molecule has 0 aliphatic carbocycles. The van der Waals surface area contributed by atoms with E-state index in [9.17, 15) is 18.3 Å². The van der Waals surface area contributed by atoms with Gasteiger partial charge in [-0.2, -0.15) is 13.2 Å². The summed E-state index contributed by atoms with van der Waals surface area (Å²) in [6, 6.07) is 6.61. The van der Waals surface area contributed by atoms with Crippen molar-refractivity contribution in [1.82, 2.24) is 4.98 Å². The second kappa shape index (κ2) is 4.61. The Morgan fingerprint density at radius 3 is 2.38 bits per heavy atom. The Morgan fingerprint density at radius 1 is 1.06 bits per heavy atom. The third-order valence-electron chi connectivity index (χ3n) is 1.99. The summed E-state index contributed by atoms with van der Waals surface area (Å²) in [6.07, 6.45) is -4.49. The molecule has 0 unspecified atom stereocenters. The van der Waals surface area contributed by atoms with Crippen LogP contribution in [0.4, 0.5) is 13.2 Å². The minimum absolute atomic E-state index is 0. The quantitative estimate of drug-likeness (QED) is 0.713. The van der Waals surface area contributed by atoms with E-state index in [1.807, 2.05) is 0 Å². The van der Waals surface area contributed by atoms with Gasteiger partial charge in [-0.15, -0.1) is 0 Å². The van der Waals surface area contributed by atoms with E-state index in [-0.39, 0.29) is 40.8 Å². The topological polar surface area (TPSA) is 33.1 Å². The van der Waals surface area contributed by atoms with Crippen LogP contribution in [0.15, 0.2) is 30.3 Å². The number of alkyl halides is 3. The summed E-state index contributed by atoms with van der Waals surface area (Å²) in [4.78, 5) is 3.37. The molecular weight excluding hydrogens is 230 g/mol. The van der Waals surface area contributed by atoms with Crippen LogP contribution in [0.25, 0.3) is 10.9 Å². The maximum absolute atomic E-state index is 12.3. The van der Waals surface area contributed by atoms with E-state index in [2.05, 4.69) is 4.98 Å². The molecule has 1 aromatic heterocycles. The Labute approximate surface area is 111 Å². The van der Waals surface area contributed by atoms with Crippen molar-refractivity contribution in [3.63, 3.8) is 0 Å². The van der Waals surface area contributed by atoms with Gasteiger partial charge in [0.1, 0.15) is 17.0 Å². The average molecular weight is 237 g/mol. The summed E-state index contributed by atoms with van der Waals surface area (Å²) >= 11 is 0. The Hall–Kier alpha value is -0.780. The van der Waals surface area contributed by atoms with E-state index in [0.717, 1.165) is 6.07 Å². The SMILES string of the molecule is Oc1cccc2ccc(C(F)(F)F)nc12.[NaH]. The molecule has 2 nitrogen and oxygen atoms in total. The van der Waals surface area contributed by atoms with Gasteiger partial charge >= 0.3 is 35.7 Å². The fourth-order valence-electron chi connectivity index (χ4n) is 1.29. The summed E-state index contributed by atoms with van der Waals surface area (Å²) in [5.41, 5.74) is -1.04. The number of hydrogen-bond donors (Lipinski definition) is 1. The van der Waals surface area contributed by atoms with Crippen molar-refractivity contribution < 1.29 is 18.3 Å². The fourth-order valence-corrected chi connectivity index (χ4v) is 1.29. The summed E-state index contributed by atoms with van der Waals surface area (Å²) in [7, 11) is 0. The van der Waals surface area contributed by atoms with Crippen LogP contribution in [0.2, 0.25) is 0 Å². The Bertz CT molecular complexity index is 513. The predicted octanol–water partition coefficient (Wildman–Crippen LogP) is 2.31. The van der Waals surface area contributed by atoms with Gasteiger partial charge < -0.3 is 5.11 Å². The Morgan fingerprint density at radius 2 is 1.75 bits per heavy atom. The second-order valence-corrected chi connectivity index (χ2v) is 3.04. The molecule has 0 spiro atoms. The Kier molecular flexibility index (Phi) is 3.83. The van der Waals surface area contributed by atoms with Crippen molar-refractivity contribution in [3.05, 3.63) is 36.0 Å². The third-order valence-corrected chi connectivity index (χ3v) is 1.99. The van der Waals surface area contributed by atoms with Gasteiger partial charge in [-0.3, -0.25) is 0 Å². The first kappa shape index (κ1) is 13.3. The number of benzene rings is 1. The zero-order valence-corrected chi connectivity index (χ0v) is 7.42. The number of aromatic nitrogens is 1. The average Bonchev–Trinajstić information content (AvgIpc) is 2.16. The zero-order chi connectivity index (χ0) is 11.1. The number of aromatic hydroxyl groups is 1. The van der Waals surface area contributed by atoms with E-state index in [0.29, 0.717) is 5.39 Å². The second-order valence-electron chi connectivity index (χ2n) is 3.04. The molecular formula is C10H7F3NNaO. The first-order valence-electron chi connectivity index (χ1n) is 4.14. The maximum atomic E-state index is 12.3. The molecule has 2 aromatic rings. The van der Waals surface area contributed by atoms with E-state index < -0.39 is 11.9 Å². The van der Waals surface area contributed by atoms with Crippen LogP contribution >= 0.6 is 0 Å². The monoisotopic (exact) mass is 237 g/mol. The van der Waals surface area contributed by atoms with E-state index in [1.54, 1.807) is 12.1 Å². The normalized spacial score (nSPS) is 11.2. The summed E-state index contributed by atoms with van der Waals surface area (Å²) < 4.78 is 36.9. The molecule has 0 radical (unpaired) electrons. The molecule has 0 aliphatic rings. The zero-order valence-electron chi connectivity index (χ0n) is 7.42.